The van der Waals surface area contributed by atoms with Gasteiger partial charge in [0, 0.05) is 42.6 Å². The number of hydrogen-bond acceptors (Lipinski definition) is 3. The van der Waals surface area contributed by atoms with E-state index in [1.165, 1.54) is 24.6 Å². The van der Waals surface area contributed by atoms with Gasteiger partial charge in [-0.3, -0.25) is 4.79 Å². The molecule has 3 aromatic rings. The Hall–Kier alpha value is -3.18. The zero-order chi connectivity index (χ0) is 22.2. The van der Waals surface area contributed by atoms with Crippen LogP contribution in [0, 0.1) is 5.82 Å². The summed E-state index contributed by atoms with van der Waals surface area (Å²) in [5.74, 6) is -0.356. The Labute approximate surface area is 184 Å². The Morgan fingerprint density at radius 2 is 1.48 bits per heavy atom. The molecule has 3 aromatic carbocycles. The molecule has 31 heavy (non-hydrogen) atoms. The first kappa shape index (κ1) is 22.5. The number of nitrogens with zero attached hydrogens (tertiary/aromatic N) is 2. The number of benzene rings is 3. The minimum Gasteiger partial charge on any atom is -0.372 e. The van der Waals surface area contributed by atoms with E-state index in [-0.39, 0.29) is 11.7 Å². The van der Waals surface area contributed by atoms with Crippen LogP contribution in [0.25, 0.3) is 11.1 Å². The molecule has 0 radical (unpaired) electrons. The van der Waals surface area contributed by atoms with Crippen molar-refractivity contribution >= 4 is 17.3 Å². The number of anilines is 2. The van der Waals surface area contributed by atoms with Gasteiger partial charge in [0.2, 0.25) is 0 Å². The SMILES string of the molecule is CN(C(=O)c1ccc(-c2ccccc2F)cc1)c1ccc(N2CCCC2)cc1.CNC. The molecule has 1 fully saturated rings. The van der Waals surface area contributed by atoms with Crippen molar-refractivity contribution in [2.24, 2.45) is 0 Å². The molecular formula is C26H30FN3O. The van der Waals surface area contributed by atoms with Crippen LogP contribution in [0.15, 0.2) is 72.8 Å². The highest BCUT2D eigenvalue weighted by atomic mass is 19.1. The maximum atomic E-state index is 13.9. The van der Waals surface area contributed by atoms with Crippen LogP contribution in [-0.4, -0.2) is 40.1 Å². The third-order valence-corrected chi connectivity index (χ3v) is 5.33. The number of hydrogen-bond donors (Lipinski definition) is 1. The summed E-state index contributed by atoms with van der Waals surface area (Å²) in [6.45, 7) is 2.20. The lowest BCUT2D eigenvalue weighted by molar-refractivity contribution is 0.0993. The van der Waals surface area contributed by atoms with E-state index in [2.05, 4.69) is 22.3 Å². The van der Waals surface area contributed by atoms with Gasteiger partial charge in [-0.25, -0.2) is 4.39 Å². The summed E-state index contributed by atoms with van der Waals surface area (Å²) < 4.78 is 13.9. The molecule has 1 amide bonds. The molecule has 0 bridgehead atoms. The van der Waals surface area contributed by atoms with Gasteiger partial charge in [0.15, 0.2) is 0 Å². The van der Waals surface area contributed by atoms with E-state index in [4.69, 9.17) is 0 Å². The van der Waals surface area contributed by atoms with Gasteiger partial charge < -0.3 is 15.1 Å². The Kier molecular flexibility index (Phi) is 7.79. The first-order chi connectivity index (χ1) is 15.0. The molecule has 4 nitrogen and oxygen atoms in total. The number of carbonyl (C=O) groups excluding carboxylic acids is 1. The number of halogens is 1. The Morgan fingerprint density at radius 3 is 2.06 bits per heavy atom. The molecule has 1 saturated heterocycles. The van der Waals surface area contributed by atoms with Gasteiger partial charge in [-0.15, -0.1) is 0 Å². The molecule has 1 N–H and O–H groups in total. The van der Waals surface area contributed by atoms with Crippen LogP contribution in [0.4, 0.5) is 15.8 Å². The van der Waals surface area contributed by atoms with Crippen LogP contribution in [0.2, 0.25) is 0 Å². The van der Waals surface area contributed by atoms with Crippen molar-refractivity contribution in [1.29, 1.82) is 0 Å². The van der Waals surface area contributed by atoms with E-state index in [9.17, 15) is 9.18 Å². The fourth-order valence-electron chi connectivity index (χ4n) is 3.66. The Morgan fingerprint density at radius 1 is 0.903 bits per heavy atom. The second kappa shape index (κ2) is 10.7. The summed E-state index contributed by atoms with van der Waals surface area (Å²) in [6.07, 6.45) is 2.48. The van der Waals surface area contributed by atoms with Gasteiger partial charge in [-0.2, -0.15) is 0 Å². The standard InChI is InChI=1S/C24H23FN2O.C2H7N/c1-26(20-12-14-21(15-13-20)27-16-4-5-17-27)24(28)19-10-8-18(9-11-19)22-6-2-3-7-23(22)25;1-3-2/h2-3,6-15H,4-5,16-17H2,1H3;3H,1-2H3. The predicted octanol–water partition coefficient (Wildman–Crippen LogP) is 5.21. The number of amides is 1. The maximum Gasteiger partial charge on any atom is 0.258 e. The van der Waals surface area contributed by atoms with Gasteiger partial charge in [0.1, 0.15) is 5.82 Å². The minimum absolute atomic E-state index is 0.0889. The monoisotopic (exact) mass is 419 g/mol. The van der Waals surface area contributed by atoms with Crippen molar-refractivity contribution in [2.45, 2.75) is 12.8 Å². The molecule has 0 saturated carbocycles. The topological polar surface area (TPSA) is 35.6 Å². The largest absolute Gasteiger partial charge is 0.372 e. The molecule has 4 rings (SSSR count). The van der Waals surface area contributed by atoms with Gasteiger partial charge in [-0.1, -0.05) is 30.3 Å². The molecule has 0 atom stereocenters. The van der Waals surface area contributed by atoms with Crippen molar-refractivity contribution in [3.8, 4) is 11.1 Å². The third kappa shape index (κ3) is 5.50. The molecule has 0 aliphatic carbocycles. The van der Waals surface area contributed by atoms with Crippen molar-refractivity contribution in [1.82, 2.24) is 5.32 Å². The highest BCUT2D eigenvalue weighted by molar-refractivity contribution is 6.06. The van der Waals surface area contributed by atoms with Crippen LogP contribution in [0.5, 0.6) is 0 Å². The number of nitrogens with one attached hydrogen (secondary N) is 1. The number of carbonyl (C=O) groups is 1. The van der Waals surface area contributed by atoms with E-state index in [0.717, 1.165) is 24.3 Å². The van der Waals surface area contributed by atoms with Crippen molar-refractivity contribution in [3.05, 3.63) is 84.2 Å². The highest BCUT2D eigenvalue weighted by Crippen LogP contribution is 2.26. The predicted molar refractivity (Wildman–Crippen MR) is 127 cm³/mol. The fraction of sp³-hybridized carbons (Fsp3) is 0.269. The van der Waals surface area contributed by atoms with Gasteiger partial charge in [0.25, 0.3) is 5.91 Å². The van der Waals surface area contributed by atoms with E-state index < -0.39 is 0 Å². The minimum atomic E-state index is -0.267. The molecule has 1 aliphatic rings. The normalized spacial score (nSPS) is 12.8. The summed E-state index contributed by atoms with van der Waals surface area (Å²) >= 11 is 0. The third-order valence-electron chi connectivity index (χ3n) is 5.33. The van der Waals surface area contributed by atoms with Gasteiger partial charge >= 0.3 is 0 Å². The summed E-state index contributed by atoms with van der Waals surface area (Å²) in [5.41, 5.74) is 3.92. The van der Waals surface area contributed by atoms with Crippen molar-refractivity contribution < 1.29 is 9.18 Å². The molecule has 0 aromatic heterocycles. The summed E-state index contributed by atoms with van der Waals surface area (Å²) in [5, 5.41) is 2.75. The maximum absolute atomic E-state index is 13.9. The highest BCUT2D eigenvalue weighted by Gasteiger charge is 2.16. The Balaban J connectivity index is 0.000000858. The molecule has 0 unspecified atom stereocenters. The molecule has 1 aliphatic heterocycles. The van der Waals surface area contributed by atoms with Gasteiger partial charge in [0.05, 0.1) is 0 Å². The van der Waals surface area contributed by atoms with Crippen LogP contribution < -0.4 is 15.1 Å². The molecule has 5 heteroatoms. The number of rotatable bonds is 4. The molecule has 1 heterocycles. The zero-order valence-corrected chi connectivity index (χ0v) is 18.4. The lowest BCUT2D eigenvalue weighted by Gasteiger charge is -2.21. The van der Waals surface area contributed by atoms with Crippen LogP contribution in [0.1, 0.15) is 23.2 Å². The fourth-order valence-corrected chi connectivity index (χ4v) is 3.66. The molecule has 0 spiro atoms. The summed E-state index contributed by atoms with van der Waals surface area (Å²) in [7, 11) is 5.53. The van der Waals surface area contributed by atoms with Crippen LogP contribution in [-0.2, 0) is 0 Å². The quantitative estimate of drug-likeness (QED) is 0.631. The smallest absolute Gasteiger partial charge is 0.258 e. The summed E-state index contributed by atoms with van der Waals surface area (Å²) in [4.78, 5) is 16.9. The average molecular weight is 420 g/mol. The lowest BCUT2D eigenvalue weighted by Crippen LogP contribution is -2.26. The van der Waals surface area contributed by atoms with E-state index in [0.29, 0.717) is 11.1 Å². The van der Waals surface area contributed by atoms with Crippen molar-refractivity contribution in [2.75, 3.05) is 44.0 Å². The lowest BCUT2D eigenvalue weighted by atomic mass is 10.0. The van der Waals surface area contributed by atoms with E-state index in [1.54, 1.807) is 54.4 Å². The van der Waals surface area contributed by atoms with Gasteiger partial charge in [-0.05, 0) is 75.0 Å². The second-order valence-corrected chi connectivity index (χ2v) is 7.63. The van der Waals surface area contributed by atoms with E-state index in [1.807, 2.05) is 26.2 Å². The first-order valence-electron chi connectivity index (χ1n) is 10.6. The van der Waals surface area contributed by atoms with Crippen LogP contribution in [0.3, 0.4) is 0 Å². The Bertz CT molecular complexity index is 980. The van der Waals surface area contributed by atoms with Crippen molar-refractivity contribution in [3.63, 3.8) is 0 Å². The average Bonchev–Trinajstić information content (AvgIpc) is 3.34. The van der Waals surface area contributed by atoms with E-state index >= 15 is 0 Å². The summed E-state index contributed by atoms with van der Waals surface area (Å²) in [6, 6.07) is 21.8. The molecule has 162 valence electrons. The van der Waals surface area contributed by atoms with Crippen LogP contribution >= 0.6 is 0 Å². The first-order valence-corrected chi connectivity index (χ1v) is 10.6. The molecular weight excluding hydrogens is 389 g/mol. The second-order valence-electron chi connectivity index (χ2n) is 7.63. The zero-order valence-electron chi connectivity index (χ0n) is 18.4.